The third-order valence-corrected chi connectivity index (χ3v) is 10.6. The molecule has 0 amide bonds. The highest BCUT2D eigenvalue weighted by Gasteiger charge is 2.59. The first-order chi connectivity index (χ1) is 13.6. The van der Waals surface area contributed by atoms with Crippen molar-refractivity contribution in [1.82, 2.24) is 0 Å². The molecular formula is C29H48. The van der Waals surface area contributed by atoms with Gasteiger partial charge in [-0.2, -0.15) is 0 Å². The van der Waals surface area contributed by atoms with Crippen molar-refractivity contribution < 1.29 is 0 Å². The Bertz CT molecular complexity index is 664. The van der Waals surface area contributed by atoms with Crippen LogP contribution in [0.3, 0.4) is 0 Å². The molecule has 0 aromatic carbocycles. The minimum Gasteiger partial charge on any atom is -0.0996 e. The van der Waals surface area contributed by atoms with Gasteiger partial charge in [-0.15, -0.1) is 0 Å². The van der Waals surface area contributed by atoms with E-state index in [1.807, 2.05) is 5.57 Å². The van der Waals surface area contributed by atoms with Gasteiger partial charge in [0, 0.05) is 0 Å². The zero-order valence-corrected chi connectivity index (χ0v) is 20.4. The van der Waals surface area contributed by atoms with E-state index in [2.05, 4.69) is 54.2 Å². The van der Waals surface area contributed by atoms with Crippen LogP contribution in [-0.4, -0.2) is 0 Å². The average Bonchev–Trinajstić information content (AvgIpc) is 3.00. The molecule has 0 saturated heterocycles. The molecule has 0 heteroatoms. The van der Waals surface area contributed by atoms with Gasteiger partial charge in [0.2, 0.25) is 0 Å². The molecule has 0 bridgehead atoms. The second-order valence-electron chi connectivity index (χ2n) is 12.9. The van der Waals surface area contributed by atoms with Gasteiger partial charge in [0.25, 0.3) is 0 Å². The maximum Gasteiger partial charge on any atom is -0.00851 e. The summed E-state index contributed by atoms with van der Waals surface area (Å²) in [6.07, 6.45) is 18.2. The van der Waals surface area contributed by atoms with Crippen LogP contribution >= 0.6 is 0 Å². The van der Waals surface area contributed by atoms with Crippen LogP contribution in [0.15, 0.2) is 23.8 Å². The monoisotopic (exact) mass is 396 g/mol. The van der Waals surface area contributed by atoms with Gasteiger partial charge >= 0.3 is 0 Å². The maximum atomic E-state index is 4.66. The summed E-state index contributed by atoms with van der Waals surface area (Å²) in [6, 6.07) is 0. The van der Waals surface area contributed by atoms with E-state index in [0.29, 0.717) is 16.2 Å². The van der Waals surface area contributed by atoms with Crippen LogP contribution in [-0.2, 0) is 0 Å². The Morgan fingerprint density at radius 3 is 2.48 bits per heavy atom. The number of fused-ring (bicyclic) bond motifs is 5. The van der Waals surface area contributed by atoms with Gasteiger partial charge in [-0.05, 0) is 116 Å². The lowest BCUT2D eigenvalue weighted by molar-refractivity contribution is -0.0444. The summed E-state index contributed by atoms with van der Waals surface area (Å²) in [6.45, 7) is 19.6. The Labute approximate surface area is 182 Å². The molecule has 3 fully saturated rings. The first kappa shape index (κ1) is 21.7. The number of hydrogen-bond donors (Lipinski definition) is 0. The number of allylic oxidation sites excluding steroid dienone is 3. The summed E-state index contributed by atoms with van der Waals surface area (Å²) in [5.41, 5.74) is 5.04. The molecule has 0 heterocycles. The van der Waals surface area contributed by atoms with Crippen molar-refractivity contribution in [3.63, 3.8) is 0 Å². The highest BCUT2D eigenvalue weighted by atomic mass is 14.6. The number of hydrogen-bond acceptors (Lipinski definition) is 0. The SMILES string of the molecule is C=C(CC(C)C)C1CCC2C3CC=C4CCC(C)(C)CCC4(C)C3CCC12CC. The molecule has 0 nitrogen and oxygen atoms in total. The largest absolute Gasteiger partial charge is 0.0996 e. The normalized spacial score (nSPS) is 43.8. The van der Waals surface area contributed by atoms with Crippen LogP contribution in [0.2, 0.25) is 0 Å². The fourth-order valence-corrected chi connectivity index (χ4v) is 8.86. The Kier molecular flexibility index (Phi) is 5.66. The Hall–Kier alpha value is -0.520. The van der Waals surface area contributed by atoms with E-state index in [1.54, 1.807) is 5.57 Å². The molecule has 0 aliphatic heterocycles. The first-order valence-electron chi connectivity index (χ1n) is 13.0. The topological polar surface area (TPSA) is 0 Å². The second kappa shape index (κ2) is 7.56. The minimum atomic E-state index is 0.490. The van der Waals surface area contributed by atoms with Crippen molar-refractivity contribution in [2.24, 2.45) is 45.8 Å². The molecule has 29 heavy (non-hydrogen) atoms. The van der Waals surface area contributed by atoms with Crippen LogP contribution in [0.5, 0.6) is 0 Å². The van der Waals surface area contributed by atoms with Gasteiger partial charge in [0.15, 0.2) is 0 Å². The molecule has 4 rings (SSSR count). The summed E-state index contributed by atoms with van der Waals surface area (Å²) in [5, 5.41) is 0. The zero-order valence-electron chi connectivity index (χ0n) is 20.4. The molecule has 0 N–H and O–H groups in total. The summed E-state index contributed by atoms with van der Waals surface area (Å²) in [4.78, 5) is 0. The highest BCUT2D eigenvalue weighted by Crippen LogP contribution is 2.68. The fourth-order valence-electron chi connectivity index (χ4n) is 8.86. The molecular weight excluding hydrogens is 348 g/mol. The molecule has 0 aromatic rings. The van der Waals surface area contributed by atoms with E-state index in [4.69, 9.17) is 0 Å². The van der Waals surface area contributed by atoms with Crippen LogP contribution < -0.4 is 0 Å². The fraction of sp³-hybridized carbons (Fsp3) is 0.862. The molecule has 164 valence electrons. The molecule has 4 aliphatic rings. The van der Waals surface area contributed by atoms with Crippen molar-refractivity contribution in [3.8, 4) is 0 Å². The van der Waals surface area contributed by atoms with Gasteiger partial charge in [0.05, 0.1) is 0 Å². The van der Waals surface area contributed by atoms with Crippen molar-refractivity contribution in [1.29, 1.82) is 0 Å². The van der Waals surface area contributed by atoms with Crippen molar-refractivity contribution in [2.45, 2.75) is 112 Å². The molecule has 0 spiro atoms. The van der Waals surface area contributed by atoms with Crippen LogP contribution in [0.1, 0.15) is 112 Å². The van der Waals surface area contributed by atoms with Crippen LogP contribution in [0.25, 0.3) is 0 Å². The zero-order chi connectivity index (χ0) is 21.0. The van der Waals surface area contributed by atoms with E-state index in [0.717, 1.165) is 29.6 Å². The average molecular weight is 397 g/mol. The lowest BCUT2D eigenvalue weighted by atomic mass is 9.47. The van der Waals surface area contributed by atoms with Crippen molar-refractivity contribution >= 4 is 0 Å². The molecule has 0 radical (unpaired) electrons. The lowest BCUT2D eigenvalue weighted by Crippen LogP contribution is -2.49. The van der Waals surface area contributed by atoms with Gasteiger partial charge in [0.1, 0.15) is 0 Å². The summed E-state index contributed by atoms with van der Waals surface area (Å²) in [5.74, 6) is 4.38. The Morgan fingerprint density at radius 1 is 1.03 bits per heavy atom. The summed E-state index contributed by atoms with van der Waals surface area (Å²) >= 11 is 0. The van der Waals surface area contributed by atoms with E-state index < -0.39 is 0 Å². The third-order valence-electron chi connectivity index (χ3n) is 10.6. The van der Waals surface area contributed by atoms with Gasteiger partial charge < -0.3 is 0 Å². The van der Waals surface area contributed by atoms with Crippen molar-refractivity contribution in [2.75, 3.05) is 0 Å². The van der Waals surface area contributed by atoms with Gasteiger partial charge in [-0.25, -0.2) is 0 Å². The van der Waals surface area contributed by atoms with E-state index in [-0.39, 0.29) is 0 Å². The predicted molar refractivity (Wildman–Crippen MR) is 127 cm³/mol. The summed E-state index contributed by atoms with van der Waals surface area (Å²) < 4.78 is 0. The second-order valence-corrected chi connectivity index (χ2v) is 12.9. The van der Waals surface area contributed by atoms with Crippen molar-refractivity contribution in [3.05, 3.63) is 23.8 Å². The van der Waals surface area contributed by atoms with E-state index >= 15 is 0 Å². The summed E-state index contributed by atoms with van der Waals surface area (Å²) in [7, 11) is 0. The molecule has 4 aliphatic carbocycles. The first-order valence-corrected chi connectivity index (χ1v) is 13.0. The van der Waals surface area contributed by atoms with Crippen LogP contribution in [0.4, 0.5) is 0 Å². The predicted octanol–water partition coefficient (Wildman–Crippen LogP) is 8.97. The maximum absolute atomic E-state index is 4.66. The molecule has 3 saturated carbocycles. The minimum absolute atomic E-state index is 0.490. The highest BCUT2D eigenvalue weighted by molar-refractivity contribution is 5.25. The lowest BCUT2D eigenvalue weighted by Gasteiger charge is -2.57. The Balaban J connectivity index is 1.62. The third kappa shape index (κ3) is 3.49. The standard InChI is InChI=1S/C29H48/c1-8-29-16-14-25-23(26(29)12-11-24(29)21(4)19-20(2)3)10-9-22-13-15-27(5,6)17-18-28(22,25)7/h9,20,23-26H,4,8,10-19H2,1-3,5-7H3. The molecule has 6 unspecified atom stereocenters. The Morgan fingerprint density at radius 2 is 1.79 bits per heavy atom. The van der Waals surface area contributed by atoms with E-state index in [9.17, 15) is 0 Å². The van der Waals surface area contributed by atoms with Crippen LogP contribution in [0, 0.1) is 45.8 Å². The smallest absolute Gasteiger partial charge is 0.00851 e. The van der Waals surface area contributed by atoms with Gasteiger partial charge in [-0.1, -0.05) is 65.3 Å². The van der Waals surface area contributed by atoms with Gasteiger partial charge in [-0.3, -0.25) is 0 Å². The quantitative estimate of drug-likeness (QED) is 0.416. The molecule has 6 atom stereocenters. The number of rotatable bonds is 4. The van der Waals surface area contributed by atoms with E-state index in [1.165, 1.54) is 70.6 Å². The molecule has 0 aromatic heterocycles.